The minimum atomic E-state index is -3.53. The van der Waals surface area contributed by atoms with E-state index in [1.54, 1.807) is 24.3 Å². The molecule has 0 saturated carbocycles. The first-order valence-electron chi connectivity index (χ1n) is 7.65. The van der Waals surface area contributed by atoms with Crippen molar-refractivity contribution in [2.24, 2.45) is 0 Å². The molecule has 1 N–H and O–H groups in total. The maximum absolute atomic E-state index is 13.1. The van der Waals surface area contributed by atoms with Crippen molar-refractivity contribution in [3.8, 4) is 0 Å². The van der Waals surface area contributed by atoms with Crippen molar-refractivity contribution in [1.82, 2.24) is 0 Å². The lowest BCUT2D eigenvalue weighted by Gasteiger charge is -2.22. The van der Waals surface area contributed by atoms with Crippen molar-refractivity contribution in [3.05, 3.63) is 59.1 Å². The molecule has 0 fully saturated rings. The van der Waals surface area contributed by atoms with Crippen molar-refractivity contribution in [2.75, 3.05) is 22.4 Å². The van der Waals surface area contributed by atoms with Crippen LogP contribution in [-0.2, 0) is 14.8 Å². The van der Waals surface area contributed by atoms with Gasteiger partial charge in [-0.1, -0.05) is 11.6 Å². The van der Waals surface area contributed by atoms with E-state index >= 15 is 0 Å². The van der Waals surface area contributed by atoms with Gasteiger partial charge in [0.05, 0.1) is 11.9 Å². The second kappa shape index (κ2) is 8.46. The van der Waals surface area contributed by atoms with Crippen LogP contribution in [0.5, 0.6) is 0 Å². The van der Waals surface area contributed by atoms with Crippen LogP contribution in [-0.4, -0.2) is 27.1 Å². The lowest BCUT2D eigenvalue weighted by Crippen LogP contribution is -2.31. The monoisotopic (exact) mass is 402 g/mol. The molecule has 2 rings (SSSR count). The molecule has 140 valence electrons. The Kier molecular flexibility index (Phi) is 6.55. The van der Waals surface area contributed by atoms with E-state index in [4.69, 9.17) is 11.6 Å². The number of nitrogens with one attached hydrogen (secondary N) is 1. The summed E-state index contributed by atoms with van der Waals surface area (Å²) in [6.45, 7) is 0.0890. The average Bonchev–Trinajstić information content (AvgIpc) is 2.55. The smallest absolute Gasteiger partial charge is 0.232 e. The molecule has 0 heterocycles. The van der Waals surface area contributed by atoms with E-state index in [9.17, 15) is 22.0 Å². The number of carbonyl (C=O) groups is 1. The van der Waals surface area contributed by atoms with Crippen LogP contribution in [0.1, 0.15) is 12.8 Å². The van der Waals surface area contributed by atoms with Gasteiger partial charge in [-0.15, -0.1) is 0 Å². The Bertz CT molecular complexity index is 889. The molecule has 0 spiro atoms. The van der Waals surface area contributed by atoms with Gasteiger partial charge in [0.1, 0.15) is 0 Å². The SMILES string of the molecule is CS(=O)(=O)N(CCCC(=O)Nc1ccc(F)c(F)c1)c1ccc(Cl)cc1. The number of rotatable bonds is 7. The van der Waals surface area contributed by atoms with Gasteiger partial charge in [0.15, 0.2) is 11.6 Å². The van der Waals surface area contributed by atoms with E-state index in [0.717, 1.165) is 18.4 Å². The first-order chi connectivity index (χ1) is 12.2. The van der Waals surface area contributed by atoms with Crippen molar-refractivity contribution >= 4 is 38.9 Å². The highest BCUT2D eigenvalue weighted by atomic mass is 35.5. The number of amides is 1. The number of anilines is 2. The minimum Gasteiger partial charge on any atom is -0.326 e. The van der Waals surface area contributed by atoms with Crippen molar-refractivity contribution in [3.63, 3.8) is 0 Å². The van der Waals surface area contributed by atoms with Gasteiger partial charge in [-0.3, -0.25) is 9.10 Å². The summed E-state index contributed by atoms with van der Waals surface area (Å²) in [4.78, 5) is 11.9. The predicted octanol–water partition coefficient (Wildman–Crippen LogP) is 3.80. The fourth-order valence-electron chi connectivity index (χ4n) is 2.27. The second-order valence-corrected chi connectivity index (χ2v) is 7.94. The van der Waals surface area contributed by atoms with Crippen LogP contribution in [0.2, 0.25) is 5.02 Å². The first-order valence-corrected chi connectivity index (χ1v) is 9.87. The third kappa shape index (κ3) is 5.67. The molecule has 0 aliphatic heterocycles. The Morgan fingerprint density at radius 2 is 1.77 bits per heavy atom. The molecule has 5 nitrogen and oxygen atoms in total. The topological polar surface area (TPSA) is 66.5 Å². The summed E-state index contributed by atoms with van der Waals surface area (Å²) < 4.78 is 51.1. The molecule has 0 aliphatic carbocycles. The van der Waals surface area contributed by atoms with Gasteiger partial charge < -0.3 is 5.32 Å². The Labute approximate surface area is 155 Å². The van der Waals surface area contributed by atoms with Crippen molar-refractivity contribution < 1.29 is 22.0 Å². The van der Waals surface area contributed by atoms with Crippen LogP contribution >= 0.6 is 11.6 Å². The third-order valence-electron chi connectivity index (χ3n) is 3.48. The fourth-order valence-corrected chi connectivity index (χ4v) is 3.37. The molecule has 2 aromatic carbocycles. The van der Waals surface area contributed by atoms with E-state index in [0.29, 0.717) is 10.7 Å². The summed E-state index contributed by atoms with van der Waals surface area (Å²) in [7, 11) is -3.53. The van der Waals surface area contributed by atoms with Crippen molar-refractivity contribution in [1.29, 1.82) is 0 Å². The quantitative estimate of drug-likeness (QED) is 0.766. The largest absolute Gasteiger partial charge is 0.326 e. The molecule has 0 unspecified atom stereocenters. The van der Waals surface area contributed by atoms with Gasteiger partial charge in [-0.2, -0.15) is 0 Å². The number of hydrogen-bond donors (Lipinski definition) is 1. The van der Waals surface area contributed by atoms with E-state index in [2.05, 4.69) is 5.32 Å². The van der Waals surface area contributed by atoms with Gasteiger partial charge in [-0.05, 0) is 42.8 Å². The van der Waals surface area contributed by atoms with Gasteiger partial charge in [0.2, 0.25) is 15.9 Å². The highest BCUT2D eigenvalue weighted by molar-refractivity contribution is 7.92. The Balaban J connectivity index is 1.95. The van der Waals surface area contributed by atoms with Gasteiger partial charge in [0.25, 0.3) is 0 Å². The minimum absolute atomic E-state index is 0.0125. The van der Waals surface area contributed by atoms with Crippen LogP contribution in [0.25, 0.3) is 0 Å². The van der Waals surface area contributed by atoms with Crippen LogP contribution in [0.3, 0.4) is 0 Å². The highest BCUT2D eigenvalue weighted by Crippen LogP contribution is 2.21. The summed E-state index contributed by atoms with van der Waals surface area (Å²) >= 11 is 5.80. The summed E-state index contributed by atoms with van der Waals surface area (Å²) in [5.74, 6) is -2.50. The molecule has 9 heteroatoms. The average molecular weight is 403 g/mol. The van der Waals surface area contributed by atoms with Crippen LogP contribution in [0.15, 0.2) is 42.5 Å². The first kappa shape index (κ1) is 20.1. The molecule has 0 atom stereocenters. The molecule has 0 saturated heterocycles. The molecular formula is C17H17ClF2N2O3S. The molecule has 26 heavy (non-hydrogen) atoms. The zero-order chi connectivity index (χ0) is 19.3. The third-order valence-corrected chi connectivity index (χ3v) is 4.93. The van der Waals surface area contributed by atoms with E-state index in [-0.39, 0.29) is 25.1 Å². The number of carbonyl (C=O) groups excluding carboxylic acids is 1. The molecule has 1 amide bonds. The van der Waals surface area contributed by atoms with Crippen molar-refractivity contribution in [2.45, 2.75) is 12.8 Å². The van der Waals surface area contributed by atoms with Crippen LogP contribution in [0.4, 0.5) is 20.2 Å². The maximum Gasteiger partial charge on any atom is 0.232 e. The van der Waals surface area contributed by atoms with Crippen LogP contribution in [0, 0.1) is 11.6 Å². The highest BCUT2D eigenvalue weighted by Gasteiger charge is 2.17. The molecule has 0 aliphatic rings. The summed E-state index contributed by atoms with van der Waals surface area (Å²) in [6.07, 6.45) is 1.33. The lowest BCUT2D eigenvalue weighted by molar-refractivity contribution is -0.116. The van der Waals surface area contributed by atoms with E-state index in [1.165, 1.54) is 10.4 Å². The lowest BCUT2D eigenvalue weighted by atomic mass is 10.2. The standard InChI is InChI=1S/C17H17ClF2N2O3S/c1-26(24,25)22(14-7-4-12(18)5-8-14)10-2-3-17(23)21-13-6-9-15(19)16(20)11-13/h4-9,11H,2-3,10H2,1H3,(H,21,23). The Morgan fingerprint density at radius 3 is 2.35 bits per heavy atom. The molecular weight excluding hydrogens is 386 g/mol. The summed E-state index contributed by atoms with van der Waals surface area (Å²) in [6, 6.07) is 9.33. The molecule has 0 radical (unpaired) electrons. The number of benzene rings is 2. The number of hydrogen-bond acceptors (Lipinski definition) is 3. The van der Waals surface area contributed by atoms with Gasteiger partial charge in [-0.25, -0.2) is 17.2 Å². The second-order valence-electron chi connectivity index (χ2n) is 5.59. The molecule has 0 aromatic heterocycles. The van der Waals surface area contributed by atoms with Gasteiger partial charge in [0, 0.05) is 29.7 Å². The normalized spacial score (nSPS) is 11.2. The number of sulfonamides is 1. The van der Waals surface area contributed by atoms with Gasteiger partial charge >= 0.3 is 0 Å². The molecule has 0 bridgehead atoms. The van der Waals surface area contributed by atoms with E-state index in [1.807, 2.05) is 0 Å². The van der Waals surface area contributed by atoms with E-state index < -0.39 is 27.6 Å². The predicted molar refractivity (Wildman–Crippen MR) is 97.9 cm³/mol. The fraction of sp³-hybridized carbons (Fsp3) is 0.235. The zero-order valence-electron chi connectivity index (χ0n) is 13.9. The Morgan fingerprint density at radius 1 is 1.12 bits per heavy atom. The maximum atomic E-state index is 13.1. The molecule has 2 aromatic rings. The zero-order valence-corrected chi connectivity index (χ0v) is 15.4. The van der Waals surface area contributed by atoms with Crippen LogP contribution < -0.4 is 9.62 Å². The number of halogens is 3. The Hall–Kier alpha value is -2.19. The number of nitrogens with zero attached hydrogens (tertiary/aromatic N) is 1. The summed E-state index contributed by atoms with van der Waals surface area (Å²) in [5, 5.41) is 2.92. The summed E-state index contributed by atoms with van der Waals surface area (Å²) in [5.41, 5.74) is 0.574.